The van der Waals surface area contributed by atoms with Gasteiger partial charge in [-0.25, -0.2) is 0 Å². The first kappa shape index (κ1) is 18.1. The van der Waals surface area contributed by atoms with Crippen LogP contribution in [0.15, 0.2) is 0 Å². The van der Waals surface area contributed by atoms with Crippen LogP contribution in [0.4, 0.5) is 0 Å². The lowest BCUT2D eigenvalue weighted by molar-refractivity contribution is -0.304. The van der Waals surface area contributed by atoms with Gasteiger partial charge in [0.05, 0.1) is 16.5 Å². The second-order valence-electron chi connectivity index (χ2n) is 7.47. The van der Waals surface area contributed by atoms with Crippen molar-refractivity contribution in [3.63, 3.8) is 0 Å². The van der Waals surface area contributed by atoms with Gasteiger partial charge in [-0.3, -0.25) is 0 Å². The number of alkyl halides is 2. The van der Waals surface area contributed by atoms with Gasteiger partial charge in [0.1, 0.15) is 0 Å². The molecule has 4 atom stereocenters. The highest BCUT2D eigenvalue weighted by Gasteiger charge is 2.71. The summed E-state index contributed by atoms with van der Waals surface area (Å²) in [5.74, 6) is 0.562. The molecule has 3 rings (SSSR count). The van der Waals surface area contributed by atoms with Crippen molar-refractivity contribution in [2.75, 3.05) is 5.33 Å². The number of unbranched alkanes of at least 4 members (excludes halogenated alkanes) is 1. The molecule has 6 heteroatoms. The molecule has 122 valence electrons. The maximum atomic E-state index is 10.8. The molecule has 3 nitrogen and oxygen atoms in total. The van der Waals surface area contributed by atoms with Crippen molar-refractivity contribution in [1.82, 2.24) is 0 Å². The summed E-state index contributed by atoms with van der Waals surface area (Å²) < 4.78 is 6.03. The zero-order valence-corrected chi connectivity index (χ0v) is 15.6. The Morgan fingerprint density at radius 2 is 2.05 bits per heavy atom. The number of aliphatic hydroxyl groups is 1. The van der Waals surface area contributed by atoms with Crippen molar-refractivity contribution in [2.24, 2.45) is 11.3 Å². The van der Waals surface area contributed by atoms with Crippen LogP contribution in [0.3, 0.4) is 0 Å². The SMILES string of the molecule is CC1(O)CCC2CC1(OB(O)[C@H](Cl)CCCCBr)C2(C)C. The standard InChI is InChI=1S/C15H27BBrClO3/c1-13(2)11-7-8-14(3,19)15(13,10-11)21-16(20)12(18)6-4-5-9-17/h11-12,19-20H,4-10H2,1-3H3/t11?,12-,14?,15?/m1/s1. The van der Waals surface area contributed by atoms with Gasteiger partial charge in [0.15, 0.2) is 0 Å². The highest BCUT2D eigenvalue weighted by Crippen LogP contribution is 2.67. The van der Waals surface area contributed by atoms with Crippen LogP contribution in [0.2, 0.25) is 0 Å². The lowest BCUT2D eigenvalue weighted by atomic mass is 9.40. The Kier molecular flexibility index (Phi) is 5.43. The van der Waals surface area contributed by atoms with E-state index < -0.39 is 23.6 Å². The number of hydrogen-bond acceptors (Lipinski definition) is 3. The fourth-order valence-corrected chi connectivity index (χ4v) is 4.88. The molecule has 3 saturated carbocycles. The minimum Gasteiger partial charge on any atom is -0.426 e. The van der Waals surface area contributed by atoms with Gasteiger partial charge in [-0.15, -0.1) is 11.6 Å². The lowest BCUT2D eigenvalue weighted by Gasteiger charge is -2.71. The molecule has 0 heterocycles. The van der Waals surface area contributed by atoms with Gasteiger partial charge < -0.3 is 14.8 Å². The zero-order valence-electron chi connectivity index (χ0n) is 13.2. The second-order valence-corrected chi connectivity index (χ2v) is 8.83. The van der Waals surface area contributed by atoms with E-state index in [0.717, 1.165) is 43.9 Å². The first-order valence-electron chi connectivity index (χ1n) is 7.96. The third kappa shape index (κ3) is 2.94. The maximum Gasteiger partial charge on any atom is 0.473 e. The number of halogens is 2. The van der Waals surface area contributed by atoms with E-state index in [1.807, 2.05) is 6.92 Å². The molecule has 2 N–H and O–H groups in total. The molecule has 0 radical (unpaired) electrons. The molecule has 0 aromatic rings. The largest absolute Gasteiger partial charge is 0.473 e. The van der Waals surface area contributed by atoms with Crippen LogP contribution >= 0.6 is 27.5 Å². The smallest absolute Gasteiger partial charge is 0.426 e. The summed E-state index contributed by atoms with van der Waals surface area (Å²) in [7, 11) is -1.02. The lowest BCUT2D eigenvalue weighted by Crippen LogP contribution is -2.77. The Balaban J connectivity index is 2.03. The van der Waals surface area contributed by atoms with Crippen LogP contribution in [-0.2, 0) is 4.65 Å². The van der Waals surface area contributed by atoms with Crippen LogP contribution in [0, 0.1) is 11.3 Å². The van der Waals surface area contributed by atoms with E-state index in [1.54, 1.807) is 0 Å². The molecule has 3 fully saturated rings. The van der Waals surface area contributed by atoms with Crippen LogP contribution in [0.1, 0.15) is 59.3 Å². The summed E-state index contributed by atoms with van der Waals surface area (Å²) in [5.41, 5.74) is -1.70. The van der Waals surface area contributed by atoms with E-state index in [0.29, 0.717) is 5.92 Å². The van der Waals surface area contributed by atoms with E-state index in [9.17, 15) is 10.1 Å². The topological polar surface area (TPSA) is 49.7 Å². The Morgan fingerprint density at radius 1 is 1.38 bits per heavy atom. The molecular weight excluding hydrogens is 354 g/mol. The van der Waals surface area contributed by atoms with Crippen molar-refractivity contribution in [2.45, 2.75) is 75.8 Å². The van der Waals surface area contributed by atoms with Crippen LogP contribution in [0.5, 0.6) is 0 Å². The molecule has 0 spiro atoms. The van der Waals surface area contributed by atoms with Gasteiger partial charge in [-0.1, -0.05) is 36.2 Å². The molecule has 2 bridgehead atoms. The highest BCUT2D eigenvalue weighted by molar-refractivity contribution is 9.09. The summed E-state index contributed by atoms with van der Waals surface area (Å²) in [4.78, 5) is 0. The fourth-order valence-electron chi connectivity index (χ4n) is 4.28. The summed E-state index contributed by atoms with van der Waals surface area (Å²) in [6.07, 6.45) is 5.27. The first-order chi connectivity index (χ1) is 9.68. The molecule has 21 heavy (non-hydrogen) atoms. The van der Waals surface area contributed by atoms with Crippen molar-refractivity contribution in [3.05, 3.63) is 0 Å². The molecule has 3 unspecified atom stereocenters. The number of rotatable bonds is 7. The average Bonchev–Trinajstić information content (AvgIpc) is 2.40. The number of hydrogen-bond donors (Lipinski definition) is 2. The van der Waals surface area contributed by atoms with Gasteiger partial charge in [0.25, 0.3) is 0 Å². The monoisotopic (exact) mass is 380 g/mol. The molecule has 3 aliphatic rings. The molecule has 0 aliphatic heterocycles. The van der Waals surface area contributed by atoms with Gasteiger partial charge in [0.2, 0.25) is 0 Å². The quantitative estimate of drug-likeness (QED) is 0.403. The summed E-state index contributed by atoms with van der Waals surface area (Å²) in [6, 6.07) is 0. The van der Waals surface area contributed by atoms with Gasteiger partial charge in [0, 0.05) is 5.33 Å². The Morgan fingerprint density at radius 3 is 2.57 bits per heavy atom. The van der Waals surface area contributed by atoms with E-state index >= 15 is 0 Å². The Labute approximate surface area is 142 Å². The van der Waals surface area contributed by atoms with Crippen molar-refractivity contribution < 1.29 is 14.8 Å². The van der Waals surface area contributed by atoms with E-state index in [-0.39, 0.29) is 5.41 Å². The van der Waals surface area contributed by atoms with Crippen molar-refractivity contribution in [1.29, 1.82) is 0 Å². The van der Waals surface area contributed by atoms with Crippen molar-refractivity contribution >= 4 is 34.6 Å². The molecule has 0 amide bonds. The number of fused-ring (bicyclic) bond motifs is 2. The summed E-state index contributed by atoms with van der Waals surface area (Å²) in [6.45, 7) is 6.11. The molecule has 3 aliphatic carbocycles. The Hall–Kier alpha value is 0.715. The first-order valence-corrected chi connectivity index (χ1v) is 9.52. The zero-order chi connectivity index (χ0) is 15.9. The maximum absolute atomic E-state index is 10.8. The van der Waals surface area contributed by atoms with Gasteiger partial charge in [-0.2, -0.15) is 0 Å². The molecule has 0 aromatic heterocycles. The third-order valence-electron chi connectivity index (χ3n) is 5.94. The average molecular weight is 382 g/mol. The van der Waals surface area contributed by atoms with E-state index in [2.05, 4.69) is 29.8 Å². The minimum atomic E-state index is -1.02. The molecule has 0 saturated heterocycles. The van der Waals surface area contributed by atoms with Gasteiger partial charge >= 0.3 is 7.12 Å². The predicted octanol–water partition coefficient (Wildman–Crippen LogP) is 3.53. The highest BCUT2D eigenvalue weighted by atomic mass is 79.9. The van der Waals surface area contributed by atoms with Crippen LogP contribution in [-0.4, -0.2) is 39.1 Å². The fraction of sp³-hybridized carbons (Fsp3) is 1.00. The minimum absolute atomic E-state index is 0.123. The molecule has 0 aromatic carbocycles. The van der Waals surface area contributed by atoms with Crippen molar-refractivity contribution in [3.8, 4) is 0 Å². The van der Waals surface area contributed by atoms with E-state index in [4.69, 9.17) is 16.3 Å². The normalized spacial score (nSPS) is 38.7. The second kappa shape index (κ2) is 6.31. The van der Waals surface area contributed by atoms with Crippen LogP contribution < -0.4 is 0 Å². The summed E-state index contributed by atoms with van der Waals surface area (Å²) in [5, 5.41) is 21.7. The van der Waals surface area contributed by atoms with Gasteiger partial charge in [-0.05, 0) is 50.4 Å². The predicted molar refractivity (Wildman–Crippen MR) is 90.8 cm³/mol. The summed E-state index contributed by atoms with van der Waals surface area (Å²) >= 11 is 9.67. The Bertz CT molecular complexity index is 370. The van der Waals surface area contributed by atoms with Crippen LogP contribution in [0.25, 0.3) is 0 Å². The molecular formula is C15H27BBrClO3. The third-order valence-corrected chi connectivity index (χ3v) is 6.93. The van der Waals surface area contributed by atoms with E-state index in [1.165, 1.54) is 0 Å².